The highest BCUT2D eigenvalue weighted by Gasteiger charge is 2.30. The zero-order valence-electron chi connectivity index (χ0n) is 17.9. The van der Waals surface area contributed by atoms with E-state index in [9.17, 15) is 0 Å². The second-order valence-electron chi connectivity index (χ2n) is 9.31. The van der Waals surface area contributed by atoms with Crippen molar-refractivity contribution in [2.24, 2.45) is 11.8 Å². The summed E-state index contributed by atoms with van der Waals surface area (Å²) in [6.45, 7) is 9.19. The summed E-state index contributed by atoms with van der Waals surface area (Å²) in [5.74, 6) is 1.74. The van der Waals surface area contributed by atoms with Crippen molar-refractivity contribution in [1.29, 1.82) is 0 Å². The van der Waals surface area contributed by atoms with E-state index in [4.69, 9.17) is 4.74 Å². The normalized spacial score (nSPS) is 21.9. The van der Waals surface area contributed by atoms with Gasteiger partial charge in [0.05, 0.1) is 11.7 Å². The molecule has 0 spiro atoms. The van der Waals surface area contributed by atoms with E-state index in [0.717, 1.165) is 11.8 Å². The highest BCUT2D eigenvalue weighted by molar-refractivity contribution is 5.98. The zero-order chi connectivity index (χ0) is 19.7. The Labute approximate surface area is 170 Å². The first-order valence-corrected chi connectivity index (χ1v) is 11.1. The van der Waals surface area contributed by atoms with Crippen molar-refractivity contribution in [2.75, 3.05) is 0 Å². The summed E-state index contributed by atoms with van der Waals surface area (Å²) in [6.07, 6.45) is 6.74. The Morgan fingerprint density at radius 1 is 0.857 bits per heavy atom. The maximum atomic E-state index is 6.66. The minimum absolute atomic E-state index is 0.256. The summed E-state index contributed by atoms with van der Waals surface area (Å²) < 4.78 is 6.66. The lowest BCUT2D eigenvalue weighted by Crippen LogP contribution is -2.32. The highest BCUT2D eigenvalue weighted by atomic mass is 16.5. The van der Waals surface area contributed by atoms with Gasteiger partial charge in [0.2, 0.25) is 0 Å². The van der Waals surface area contributed by atoms with Crippen molar-refractivity contribution in [3.05, 3.63) is 60.2 Å². The first-order chi connectivity index (χ1) is 13.5. The van der Waals surface area contributed by atoms with Crippen LogP contribution in [0, 0.1) is 11.8 Å². The van der Waals surface area contributed by atoms with Crippen LogP contribution in [0.3, 0.4) is 0 Å². The summed E-state index contributed by atoms with van der Waals surface area (Å²) in [4.78, 5) is 0. The highest BCUT2D eigenvalue weighted by Crippen LogP contribution is 2.37. The molecule has 3 aromatic carbocycles. The molecule has 1 saturated carbocycles. The fourth-order valence-corrected chi connectivity index (χ4v) is 4.91. The molecule has 3 aromatic rings. The van der Waals surface area contributed by atoms with Crippen LogP contribution < -0.4 is 0 Å². The molecule has 0 heterocycles. The fourth-order valence-electron chi connectivity index (χ4n) is 4.91. The summed E-state index contributed by atoms with van der Waals surface area (Å²) in [7, 11) is 0. The van der Waals surface area contributed by atoms with Gasteiger partial charge in [-0.05, 0) is 96.7 Å². The lowest BCUT2D eigenvalue weighted by Gasteiger charge is -2.37. The van der Waals surface area contributed by atoms with Gasteiger partial charge in [0.15, 0.2) is 0 Å². The van der Waals surface area contributed by atoms with E-state index in [1.54, 1.807) is 0 Å². The van der Waals surface area contributed by atoms with Gasteiger partial charge in [0, 0.05) is 0 Å². The molecule has 4 rings (SSSR count). The van der Waals surface area contributed by atoms with Crippen LogP contribution in [0.25, 0.3) is 21.5 Å². The van der Waals surface area contributed by atoms with Crippen LogP contribution in [-0.2, 0) is 10.3 Å². The van der Waals surface area contributed by atoms with Gasteiger partial charge in [0.25, 0.3) is 0 Å². The summed E-state index contributed by atoms with van der Waals surface area (Å²) in [5.41, 5.74) is 1.02. The van der Waals surface area contributed by atoms with E-state index >= 15 is 0 Å². The quantitative estimate of drug-likeness (QED) is 0.413. The maximum Gasteiger partial charge on any atom is 0.0879 e. The predicted molar refractivity (Wildman–Crippen MR) is 121 cm³/mol. The molecule has 148 valence electrons. The molecule has 1 fully saturated rings. The van der Waals surface area contributed by atoms with Crippen LogP contribution in [0.5, 0.6) is 0 Å². The second-order valence-corrected chi connectivity index (χ2v) is 9.31. The largest absolute Gasteiger partial charge is 0.368 e. The fraction of sp³-hybridized carbons (Fsp3) is 0.481. The van der Waals surface area contributed by atoms with Gasteiger partial charge < -0.3 is 4.74 Å². The lowest BCUT2D eigenvalue weighted by atomic mass is 9.78. The standard InChI is InChI=1S/C27H34O/c1-5-19(2)20-11-14-26(15-12-20)28-27(3,4)25-13-10-23-16-21-8-6-7-9-22(21)17-24(23)18-25/h6-10,13,16-20,26H,5,11-12,14-15H2,1-4H3. The van der Waals surface area contributed by atoms with Gasteiger partial charge >= 0.3 is 0 Å². The van der Waals surface area contributed by atoms with Crippen LogP contribution in [0.2, 0.25) is 0 Å². The third kappa shape index (κ3) is 3.96. The van der Waals surface area contributed by atoms with Crippen molar-refractivity contribution in [1.82, 2.24) is 0 Å². The molecule has 1 nitrogen and oxygen atoms in total. The van der Waals surface area contributed by atoms with Crippen LogP contribution in [-0.4, -0.2) is 6.10 Å². The topological polar surface area (TPSA) is 9.23 Å². The smallest absolute Gasteiger partial charge is 0.0879 e. The molecule has 0 radical (unpaired) electrons. The zero-order valence-corrected chi connectivity index (χ0v) is 17.9. The number of hydrogen-bond donors (Lipinski definition) is 0. The van der Waals surface area contributed by atoms with Crippen LogP contribution in [0.4, 0.5) is 0 Å². The van der Waals surface area contributed by atoms with Crippen molar-refractivity contribution >= 4 is 21.5 Å². The first kappa shape index (κ1) is 19.5. The third-order valence-corrected chi connectivity index (χ3v) is 7.03. The van der Waals surface area contributed by atoms with Crippen molar-refractivity contribution < 1.29 is 4.74 Å². The number of ether oxygens (including phenoxy) is 1. The van der Waals surface area contributed by atoms with Gasteiger partial charge in [-0.1, -0.05) is 56.7 Å². The summed E-state index contributed by atoms with van der Waals surface area (Å²) in [5, 5.41) is 5.20. The molecule has 1 aliphatic rings. The molecule has 28 heavy (non-hydrogen) atoms. The summed E-state index contributed by atoms with van der Waals surface area (Å²) >= 11 is 0. The second kappa shape index (κ2) is 7.87. The minimum Gasteiger partial charge on any atom is -0.368 e. The minimum atomic E-state index is -0.256. The van der Waals surface area contributed by atoms with Crippen molar-refractivity contribution in [3.63, 3.8) is 0 Å². The van der Waals surface area contributed by atoms with Crippen LogP contribution in [0.1, 0.15) is 65.4 Å². The van der Waals surface area contributed by atoms with Crippen molar-refractivity contribution in [3.8, 4) is 0 Å². The number of fused-ring (bicyclic) bond motifs is 2. The van der Waals surface area contributed by atoms with Crippen LogP contribution in [0.15, 0.2) is 54.6 Å². The van der Waals surface area contributed by atoms with E-state index in [0.29, 0.717) is 6.10 Å². The molecule has 0 N–H and O–H groups in total. The molecule has 0 saturated heterocycles. The predicted octanol–water partition coefficient (Wildman–Crippen LogP) is 7.85. The molecule has 0 amide bonds. The van der Waals surface area contributed by atoms with E-state index < -0.39 is 0 Å². The van der Waals surface area contributed by atoms with Crippen LogP contribution >= 0.6 is 0 Å². The third-order valence-electron chi connectivity index (χ3n) is 7.03. The molecule has 1 atom stereocenters. The Bertz CT molecular complexity index is 947. The van der Waals surface area contributed by atoms with Gasteiger partial charge in [-0.25, -0.2) is 0 Å². The number of benzene rings is 3. The van der Waals surface area contributed by atoms with Gasteiger partial charge in [-0.2, -0.15) is 0 Å². The molecule has 0 aliphatic heterocycles. The lowest BCUT2D eigenvalue weighted by molar-refractivity contribution is -0.0954. The average molecular weight is 375 g/mol. The van der Waals surface area contributed by atoms with E-state index in [2.05, 4.69) is 82.3 Å². The van der Waals surface area contributed by atoms with Gasteiger partial charge in [-0.15, -0.1) is 0 Å². The van der Waals surface area contributed by atoms with E-state index in [1.165, 1.54) is 59.2 Å². The number of hydrogen-bond acceptors (Lipinski definition) is 1. The van der Waals surface area contributed by atoms with Gasteiger partial charge in [-0.3, -0.25) is 0 Å². The Balaban J connectivity index is 1.52. The molecular weight excluding hydrogens is 340 g/mol. The molecule has 0 bridgehead atoms. The van der Waals surface area contributed by atoms with E-state index in [1.807, 2.05) is 0 Å². The molecule has 0 aromatic heterocycles. The van der Waals surface area contributed by atoms with Crippen molar-refractivity contribution in [2.45, 2.75) is 71.5 Å². The first-order valence-electron chi connectivity index (χ1n) is 11.1. The molecule has 1 unspecified atom stereocenters. The Kier molecular flexibility index (Phi) is 5.47. The van der Waals surface area contributed by atoms with Gasteiger partial charge in [0.1, 0.15) is 0 Å². The Morgan fingerprint density at radius 2 is 1.46 bits per heavy atom. The Morgan fingerprint density at radius 3 is 2.11 bits per heavy atom. The number of rotatable bonds is 5. The Hall–Kier alpha value is -1.86. The maximum absolute atomic E-state index is 6.66. The summed E-state index contributed by atoms with van der Waals surface area (Å²) in [6, 6.07) is 20.0. The van der Waals surface area contributed by atoms with E-state index in [-0.39, 0.29) is 5.60 Å². The SMILES string of the molecule is CCC(C)C1CCC(OC(C)(C)c2ccc3cc4ccccc4cc3c2)CC1. The molecule has 1 aliphatic carbocycles. The average Bonchev–Trinajstić information content (AvgIpc) is 2.71. The molecule has 1 heteroatoms. The molecular formula is C27H34O. The monoisotopic (exact) mass is 374 g/mol.